The number of amides is 1. The highest BCUT2D eigenvalue weighted by Crippen LogP contribution is 2.28. The standard InChI is InChI=1S/C17H17Cl2NO2/c18-13-6-8-14(9-7-13)20-17(22)16(19)15(10-11-21)12-4-2-1-3-5-12/h1-9,15-16,21H,10-11H2,(H,20,22). The van der Waals surface area contributed by atoms with Crippen LogP contribution in [0.15, 0.2) is 54.6 Å². The van der Waals surface area contributed by atoms with Crippen LogP contribution in [0, 0.1) is 0 Å². The smallest absolute Gasteiger partial charge is 0.243 e. The van der Waals surface area contributed by atoms with E-state index in [1.807, 2.05) is 30.3 Å². The van der Waals surface area contributed by atoms with Crippen molar-refractivity contribution in [3.63, 3.8) is 0 Å². The highest BCUT2D eigenvalue weighted by atomic mass is 35.5. The minimum Gasteiger partial charge on any atom is -0.396 e. The third-order valence-corrected chi connectivity index (χ3v) is 4.14. The predicted molar refractivity (Wildman–Crippen MR) is 90.6 cm³/mol. The van der Waals surface area contributed by atoms with E-state index in [-0.39, 0.29) is 18.4 Å². The third-order valence-electron chi connectivity index (χ3n) is 3.38. The molecule has 2 rings (SSSR count). The number of hydrogen-bond acceptors (Lipinski definition) is 2. The van der Waals surface area contributed by atoms with Crippen LogP contribution in [0.2, 0.25) is 5.02 Å². The number of carbonyl (C=O) groups excluding carboxylic acids is 1. The van der Waals surface area contributed by atoms with Crippen LogP contribution in [0.5, 0.6) is 0 Å². The summed E-state index contributed by atoms with van der Waals surface area (Å²) in [6, 6.07) is 16.3. The summed E-state index contributed by atoms with van der Waals surface area (Å²) in [5.41, 5.74) is 1.57. The molecule has 0 bridgehead atoms. The molecule has 0 radical (unpaired) electrons. The number of halogens is 2. The van der Waals surface area contributed by atoms with E-state index in [0.29, 0.717) is 17.1 Å². The van der Waals surface area contributed by atoms with Gasteiger partial charge in [-0.15, -0.1) is 11.6 Å². The van der Waals surface area contributed by atoms with Gasteiger partial charge < -0.3 is 10.4 Å². The van der Waals surface area contributed by atoms with Gasteiger partial charge in [0.05, 0.1) is 0 Å². The minimum absolute atomic E-state index is 0.0307. The van der Waals surface area contributed by atoms with E-state index in [4.69, 9.17) is 23.2 Å². The maximum atomic E-state index is 12.3. The number of hydrogen-bond donors (Lipinski definition) is 2. The van der Waals surface area contributed by atoms with Crippen LogP contribution >= 0.6 is 23.2 Å². The Kier molecular flexibility index (Phi) is 6.25. The van der Waals surface area contributed by atoms with Crippen LogP contribution in [0.4, 0.5) is 5.69 Å². The quantitative estimate of drug-likeness (QED) is 0.781. The van der Waals surface area contributed by atoms with Crippen LogP contribution in [0.3, 0.4) is 0 Å². The fraction of sp³-hybridized carbons (Fsp3) is 0.235. The van der Waals surface area contributed by atoms with Crippen LogP contribution in [0.1, 0.15) is 17.9 Å². The van der Waals surface area contributed by atoms with Gasteiger partial charge >= 0.3 is 0 Å². The number of benzene rings is 2. The van der Waals surface area contributed by atoms with Gasteiger partial charge in [-0.05, 0) is 36.2 Å². The fourth-order valence-corrected chi connectivity index (χ4v) is 2.70. The summed E-state index contributed by atoms with van der Waals surface area (Å²) in [7, 11) is 0. The average Bonchev–Trinajstić information content (AvgIpc) is 2.55. The Morgan fingerprint density at radius 3 is 2.32 bits per heavy atom. The van der Waals surface area contributed by atoms with E-state index in [9.17, 15) is 9.90 Å². The molecule has 1 amide bonds. The first-order chi connectivity index (χ1) is 10.6. The zero-order chi connectivity index (χ0) is 15.9. The van der Waals surface area contributed by atoms with Crippen molar-refractivity contribution in [2.75, 3.05) is 11.9 Å². The summed E-state index contributed by atoms with van der Waals surface area (Å²) in [6.45, 7) is -0.0307. The number of aliphatic hydroxyl groups excluding tert-OH is 1. The van der Waals surface area contributed by atoms with Crippen molar-refractivity contribution >= 4 is 34.8 Å². The van der Waals surface area contributed by atoms with Crippen molar-refractivity contribution < 1.29 is 9.90 Å². The molecule has 22 heavy (non-hydrogen) atoms. The van der Waals surface area contributed by atoms with Gasteiger partial charge in [0.15, 0.2) is 0 Å². The molecular weight excluding hydrogens is 321 g/mol. The zero-order valence-corrected chi connectivity index (χ0v) is 13.4. The van der Waals surface area contributed by atoms with Gasteiger partial charge in [0.2, 0.25) is 5.91 Å². The molecule has 2 aromatic rings. The van der Waals surface area contributed by atoms with E-state index < -0.39 is 5.38 Å². The lowest BCUT2D eigenvalue weighted by Gasteiger charge is -2.21. The molecular formula is C17H17Cl2NO2. The second-order valence-electron chi connectivity index (χ2n) is 4.93. The van der Waals surface area contributed by atoms with E-state index in [1.165, 1.54) is 0 Å². The van der Waals surface area contributed by atoms with Crippen molar-refractivity contribution in [1.82, 2.24) is 0 Å². The average molecular weight is 338 g/mol. The van der Waals surface area contributed by atoms with E-state index in [2.05, 4.69) is 5.32 Å². The van der Waals surface area contributed by atoms with Gasteiger partial charge in [0, 0.05) is 23.2 Å². The Hall–Kier alpha value is -1.55. The van der Waals surface area contributed by atoms with Gasteiger partial charge in [-0.25, -0.2) is 0 Å². The molecule has 5 heteroatoms. The first-order valence-corrected chi connectivity index (χ1v) is 7.79. The molecule has 116 valence electrons. The van der Waals surface area contributed by atoms with E-state index in [0.717, 1.165) is 5.56 Å². The lowest BCUT2D eigenvalue weighted by molar-refractivity contribution is -0.116. The molecule has 0 saturated carbocycles. The Morgan fingerprint density at radius 1 is 1.09 bits per heavy atom. The second kappa shape index (κ2) is 8.18. The van der Waals surface area contributed by atoms with Crippen molar-refractivity contribution in [3.05, 3.63) is 65.2 Å². The minimum atomic E-state index is -0.773. The largest absolute Gasteiger partial charge is 0.396 e. The van der Waals surface area contributed by atoms with Gasteiger partial charge in [-0.3, -0.25) is 4.79 Å². The van der Waals surface area contributed by atoms with E-state index in [1.54, 1.807) is 24.3 Å². The highest BCUT2D eigenvalue weighted by Gasteiger charge is 2.27. The number of alkyl halides is 1. The maximum absolute atomic E-state index is 12.3. The van der Waals surface area contributed by atoms with Gasteiger partial charge in [0.1, 0.15) is 5.38 Å². The summed E-state index contributed by atoms with van der Waals surface area (Å²) >= 11 is 12.2. The molecule has 0 aliphatic rings. The number of nitrogens with one attached hydrogen (secondary N) is 1. The molecule has 0 aliphatic heterocycles. The molecule has 0 heterocycles. The summed E-state index contributed by atoms with van der Waals surface area (Å²) in [4.78, 5) is 12.3. The highest BCUT2D eigenvalue weighted by molar-refractivity contribution is 6.33. The molecule has 2 aromatic carbocycles. The fourth-order valence-electron chi connectivity index (χ4n) is 2.25. The SMILES string of the molecule is O=C(Nc1ccc(Cl)cc1)C(Cl)C(CCO)c1ccccc1. The van der Waals surface area contributed by atoms with Crippen molar-refractivity contribution in [3.8, 4) is 0 Å². The van der Waals surface area contributed by atoms with Crippen molar-refractivity contribution in [2.45, 2.75) is 17.7 Å². The predicted octanol–water partition coefficient (Wildman–Crippen LogP) is 4.05. The summed E-state index contributed by atoms with van der Waals surface area (Å²) in [5.74, 6) is -0.550. The monoisotopic (exact) mass is 337 g/mol. The lowest BCUT2D eigenvalue weighted by atomic mass is 9.92. The van der Waals surface area contributed by atoms with E-state index >= 15 is 0 Å². The Morgan fingerprint density at radius 2 is 1.73 bits per heavy atom. The van der Waals surface area contributed by atoms with Gasteiger partial charge in [-0.1, -0.05) is 41.9 Å². The maximum Gasteiger partial charge on any atom is 0.243 e. The summed E-state index contributed by atoms with van der Waals surface area (Å²) in [5, 5.41) is 11.8. The molecule has 0 aromatic heterocycles. The summed E-state index contributed by atoms with van der Waals surface area (Å²) in [6.07, 6.45) is 0.423. The molecule has 2 N–H and O–H groups in total. The first kappa shape index (κ1) is 16.8. The van der Waals surface area contributed by atoms with Crippen LogP contribution in [-0.4, -0.2) is 23.0 Å². The third kappa shape index (κ3) is 4.47. The lowest BCUT2D eigenvalue weighted by Crippen LogP contribution is -2.29. The molecule has 0 spiro atoms. The topological polar surface area (TPSA) is 49.3 Å². The van der Waals surface area contributed by atoms with Crippen molar-refractivity contribution in [1.29, 1.82) is 0 Å². The second-order valence-corrected chi connectivity index (χ2v) is 5.83. The van der Waals surface area contributed by atoms with Crippen LogP contribution < -0.4 is 5.32 Å². The molecule has 2 atom stereocenters. The van der Waals surface area contributed by atoms with Crippen molar-refractivity contribution in [2.24, 2.45) is 0 Å². The Balaban J connectivity index is 2.10. The number of rotatable bonds is 6. The molecule has 0 fully saturated rings. The zero-order valence-electron chi connectivity index (χ0n) is 11.9. The Bertz CT molecular complexity index is 602. The van der Waals surface area contributed by atoms with Crippen LogP contribution in [0.25, 0.3) is 0 Å². The normalized spacial score (nSPS) is 13.4. The van der Waals surface area contributed by atoms with Gasteiger partial charge in [0.25, 0.3) is 0 Å². The molecule has 3 nitrogen and oxygen atoms in total. The summed E-state index contributed by atoms with van der Waals surface area (Å²) < 4.78 is 0. The number of aliphatic hydroxyl groups is 1. The Labute approximate surface area is 139 Å². The molecule has 0 saturated heterocycles. The first-order valence-electron chi connectivity index (χ1n) is 6.98. The van der Waals surface area contributed by atoms with Gasteiger partial charge in [-0.2, -0.15) is 0 Å². The van der Waals surface area contributed by atoms with Crippen LogP contribution in [-0.2, 0) is 4.79 Å². The molecule has 2 unspecified atom stereocenters. The number of anilines is 1. The molecule has 0 aliphatic carbocycles. The number of carbonyl (C=O) groups is 1.